The third kappa shape index (κ3) is 4.63. The molecule has 1 aromatic rings. The number of rotatable bonds is 2. The van der Waals surface area contributed by atoms with Gasteiger partial charge in [0.2, 0.25) is 5.92 Å². The van der Waals surface area contributed by atoms with Crippen molar-refractivity contribution in [1.82, 2.24) is 0 Å². The van der Waals surface area contributed by atoms with Gasteiger partial charge in [-0.15, -0.1) is 0 Å². The number of ether oxygens (including phenoxy) is 1. The molecular formula is C17H23F3N2O2. The Morgan fingerprint density at radius 3 is 2.29 bits per heavy atom. The van der Waals surface area contributed by atoms with Crippen LogP contribution in [0.5, 0.6) is 0 Å². The fraction of sp³-hybridized carbons (Fsp3) is 0.588. The lowest BCUT2D eigenvalue weighted by molar-refractivity contribution is -0.0518. The molecule has 0 saturated heterocycles. The van der Waals surface area contributed by atoms with E-state index in [1.807, 2.05) is 0 Å². The monoisotopic (exact) mass is 344 g/mol. The Morgan fingerprint density at radius 1 is 1.21 bits per heavy atom. The van der Waals surface area contributed by atoms with Crippen LogP contribution in [-0.2, 0) is 10.3 Å². The molecule has 0 bridgehead atoms. The van der Waals surface area contributed by atoms with E-state index in [9.17, 15) is 18.0 Å². The number of anilines is 1. The molecule has 1 amide bonds. The molecule has 3 N–H and O–H groups in total. The number of carbonyl (C=O) groups excluding carboxylic acids is 1. The average molecular weight is 344 g/mol. The second-order valence-corrected chi connectivity index (χ2v) is 7.33. The molecule has 24 heavy (non-hydrogen) atoms. The van der Waals surface area contributed by atoms with Crippen LogP contribution < -0.4 is 11.1 Å². The first-order valence-electron chi connectivity index (χ1n) is 7.87. The van der Waals surface area contributed by atoms with E-state index in [1.165, 1.54) is 12.1 Å². The lowest BCUT2D eigenvalue weighted by Gasteiger charge is -2.37. The van der Waals surface area contributed by atoms with Crippen molar-refractivity contribution < 1.29 is 22.7 Å². The second-order valence-electron chi connectivity index (χ2n) is 7.33. The molecule has 0 spiro atoms. The highest BCUT2D eigenvalue weighted by atomic mass is 19.3. The number of hydrogen-bond acceptors (Lipinski definition) is 3. The van der Waals surface area contributed by atoms with Gasteiger partial charge in [-0.05, 0) is 45.7 Å². The minimum absolute atomic E-state index is 0.00968. The highest BCUT2D eigenvalue weighted by Crippen LogP contribution is 2.43. The van der Waals surface area contributed by atoms with Gasteiger partial charge < -0.3 is 10.5 Å². The number of hydrogen-bond donors (Lipinski definition) is 2. The molecule has 0 aromatic heterocycles. The summed E-state index contributed by atoms with van der Waals surface area (Å²) < 4.78 is 46.1. The van der Waals surface area contributed by atoms with E-state index < -0.39 is 29.0 Å². The van der Waals surface area contributed by atoms with Gasteiger partial charge in [0, 0.05) is 29.6 Å². The molecule has 1 saturated carbocycles. The summed E-state index contributed by atoms with van der Waals surface area (Å²) in [5, 5.41) is 2.43. The van der Waals surface area contributed by atoms with Crippen molar-refractivity contribution in [3.05, 3.63) is 29.6 Å². The van der Waals surface area contributed by atoms with E-state index in [-0.39, 0.29) is 36.9 Å². The van der Waals surface area contributed by atoms with Crippen LogP contribution in [0.2, 0.25) is 0 Å². The number of benzene rings is 1. The zero-order valence-corrected chi connectivity index (χ0v) is 14.1. The highest BCUT2D eigenvalue weighted by Gasteiger charge is 2.43. The summed E-state index contributed by atoms with van der Waals surface area (Å²) in [5.74, 6) is -3.37. The van der Waals surface area contributed by atoms with Crippen molar-refractivity contribution in [1.29, 1.82) is 0 Å². The zero-order valence-electron chi connectivity index (χ0n) is 14.1. The molecule has 1 aliphatic carbocycles. The third-order valence-electron chi connectivity index (χ3n) is 4.02. The molecule has 2 rings (SSSR count). The van der Waals surface area contributed by atoms with Crippen LogP contribution in [0.15, 0.2) is 18.2 Å². The van der Waals surface area contributed by atoms with Crippen LogP contribution in [0, 0.1) is 5.82 Å². The van der Waals surface area contributed by atoms with Gasteiger partial charge in [0.1, 0.15) is 11.4 Å². The molecule has 7 heteroatoms. The van der Waals surface area contributed by atoms with E-state index in [0.29, 0.717) is 0 Å². The Labute approximate surface area is 139 Å². The van der Waals surface area contributed by atoms with Gasteiger partial charge in [-0.25, -0.2) is 18.0 Å². The van der Waals surface area contributed by atoms with Crippen LogP contribution in [0.1, 0.15) is 52.0 Å². The molecule has 134 valence electrons. The third-order valence-corrected chi connectivity index (χ3v) is 4.02. The van der Waals surface area contributed by atoms with Crippen LogP contribution in [0.4, 0.5) is 23.7 Å². The molecule has 0 aliphatic heterocycles. The van der Waals surface area contributed by atoms with Crippen LogP contribution in [0.25, 0.3) is 0 Å². The highest BCUT2D eigenvalue weighted by molar-refractivity contribution is 5.84. The van der Waals surface area contributed by atoms with E-state index in [1.54, 1.807) is 20.8 Å². The summed E-state index contributed by atoms with van der Waals surface area (Å²) >= 11 is 0. The normalized spacial score (nSPS) is 19.6. The van der Waals surface area contributed by atoms with E-state index >= 15 is 0 Å². The maximum atomic E-state index is 14.4. The minimum Gasteiger partial charge on any atom is -0.444 e. The van der Waals surface area contributed by atoms with Gasteiger partial charge in [-0.2, -0.15) is 0 Å². The number of amides is 1. The average Bonchev–Trinajstić information content (AvgIpc) is 2.40. The first-order valence-corrected chi connectivity index (χ1v) is 7.87. The Kier molecular flexibility index (Phi) is 4.86. The summed E-state index contributed by atoms with van der Waals surface area (Å²) in [5.41, 5.74) is 4.77. The number of nitrogens with two attached hydrogens (primary N) is 1. The first kappa shape index (κ1) is 18.6. The molecule has 1 aromatic carbocycles. The SMILES string of the molecule is CC(C)(C)OC(=O)Nc1ccc(C2(N)CCC(F)(F)CC2)c(F)c1. The number of halogens is 3. The molecule has 0 atom stereocenters. The van der Waals surface area contributed by atoms with Gasteiger partial charge in [0.15, 0.2) is 0 Å². The van der Waals surface area contributed by atoms with Crippen molar-refractivity contribution in [3.63, 3.8) is 0 Å². The molecule has 1 fully saturated rings. The Hall–Kier alpha value is -1.76. The molecule has 0 heterocycles. The van der Waals surface area contributed by atoms with Crippen LogP contribution in [-0.4, -0.2) is 17.6 Å². The Balaban J connectivity index is 2.11. The van der Waals surface area contributed by atoms with Gasteiger partial charge in [0.25, 0.3) is 0 Å². The molecular weight excluding hydrogens is 321 g/mol. The Bertz CT molecular complexity index is 617. The number of nitrogens with one attached hydrogen (secondary N) is 1. The molecule has 0 unspecified atom stereocenters. The van der Waals surface area contributed by atoms with Gasteiger partial charge in [-0.3, -0.25) is 5.32 Å². The topological polar surface area (TPSA) is 64.3 Å². The van der Waals surface area contributed by atoms with Gasteiger partial charge in [0.05, 0.1) is 0 Å². The van der Waals surface area contributed by atoms with E-state index in [4.69, 9.17) is 10.5 Å². The number of carbonyl (C=O) groups is 1. The number of alkyl halides is 2. The van der Waals surface area contributed by atoms with Gasteiger partial charge >= 0.3 is 6.09 Å². The predicted octanol–water partition coefficient (Wildman–Crippen LogP) is 4.54. The standard InChI is InChI=1S/C17H23F3N2O2/c1-15(2,3)24-14(23)22-11-4-5-12(13(18)10-11)16(21)6-8-17(19,20)9-7-16/h4-5,10H,6-9,21H2,1-3H3,(H,22,23). The maximum Gasteiger partial charge on any atom is 0.412 e. The Morgan fingerprint density at radius 2 is 1.79 bits per heavy atom. The molecule has 4 nitrogen and oxygen atoms in total. The second kappa shape index (κ2) is 6.27. The fourth-order valence-corrected chi connectivity index (χ4v) is 2.75. The van der Waals surface area contributed by atoms with Crippen molar-refractivity contribution in [2.45, 2.75) is 63.5 Å². The van der Waals surface area contributed by atoms with E-state index in [2.05, 4.69) is 5.32 Å². The van der Waals surface area contributed by atoms with Gasteiger partial charge in [-0.1, -0.05) is 6.07 Å². The smallest absolute Gasteiger partial charge is 0.412 e. The predicted molar refractivity (Wildman–Crippen MR) is 85.5 cm³/mol. The van der Waals surface area contributed by atoms with Crippen molar-refractivity contribution in [2.75, 3.05) is 5.32 Å². The zero-order chi connectivity index (χ0) is 18.2. The fourth-order valence-electron chi connectivity index (χ4n) is 2.75. The first-order chi connectivity index (χ1) is 10.9. The summed E-state index contributed by atoms with van der Waals surface area (Å²) in [4.78, 5) is 11.7. The van der Waals surface area contributed by atoms with E-state index in [0.717, 1.165) is 6.07 Å². The quantitative estimate of drug-likeness (QED) is 0.828. The van der Waals surface area contributed by atoms with Crippen molar-refractivity contribution in [3.8, 4) is 0 Å². The summed E-state index contributed by atoms with van der Waals surface area (Å²) in [6.45, 7) is 5.15. The van der Waals surface area contributed by atoms with Crippen LogP contribution >= 0.6 is 0 Å². The molecule has 0 radical (unpaired) electrons. The lowest BCUT2D eigenvalue weighted by Crippen LogP contribution is -2.44. The van der Waals surface area contributed by atoms with Crippen molar-refractivity contribution >= 4 is 11.8 Å². The van der Waals surface area contributed by atoms with Crippen LogP contribution in [0.3, 0.4) is 0 Å². The minimum atomic E-state index is -2.74. The largest absolute Gasteiger partial charge is 0.444 e. The van der Waals surface area contributed by atoms with Crippen molar-refractivity contribution in [2.24, 2.45) is 5.73 Å². The summed E-state index contributed by atoms with van der Waals surface area (Å²) in [6, 6.07) is 4.05. The molecule has 1 aliphatic rings. The lowest BCUT2D eigenvalue weighted by atomic mass is 9.76. The maximum absolute atomic E-state index is 14.4. The summed E-state index contributed by atoms with van der Waals surface area (Å²) in [6.07, 6.45) is -1.40. The summed E-state index contributed by atoms with van der Waals surface area (Å²) in [7, 11) is 0.